The lowest BCUT2D eigenvalue weighted by atomic mass is 9.97. The zero-order valence-corrected chi connectivity index (χ0v) is 12.2. The summed E-state index contributed by atoms with van der Waals surface area (Å²) in [5.74, 6) is 0.374. The maximum absolute atomic E-state index is 12.6. The Morgan fingerprint density at radius 1 is 1.30 bits per heavy atom. The molecule has 1 amide bonds. The topological polar surface area (TPSA) is 43.8 Å². The molecule has 1 aromatic carbocycles. The van der Waals surface area contributed by atoms with Crippen LogP contribution >= 0.6 is 0 Å². The van der Waals surface area contributed by atoms with Crippen LogP contribution in [0.15, 0.2) is 18.2 Å². The average molecular weight is 274 g/mol. The Labute approximate surface area is 120 Å². The number of nitrogens with zero attached hydrogens (tertiary/aromatic N) is 2. The molecule has 1 N–H and O–H groups in total. The molecule has 2 aliphatic rings. The third kappa shape index (κ3) is 2.29. The van der Waals surface area contributed by atoms with Crippen molar-refractivity contribution >= 4 is 5.91 Å². The number of likely N-dealkylation sites (tertiary alicyclic amines) is 1. The number of amides is 1. The molecule has 2 heterocycles. The van der Waals surface area contributed by atoms with Gasteiger partial charge in [-0.3, -0.25) is 9.69 Å². The second kappa shape index (κ2) is 5.09. The lowest BCUT2D eigenvalue weighted by Crippen LogP contribution is -2.46. The summed E-state index contributed by atoms with van der Waals surface area (Å²) in [5, 5.41) is 9.52. The van der Waals surface area contributed by atoms with Crippen molar-refractivity contribution in [2.45, 2.75) is 38.8 Å². The minimum absolute atomic E-state index is 0.127. The van der Waals surface area contributed by atoms with Crippen LogP contribution in [-0.4, -0.2) is 52.5 Å². The van der Waals surface area contributed by atoms with E-state index in [0.29, 0.717) is 12.1 Å². The van der Waals surface area contributed by atoms with Gasteiger partial charge >= 0.3 is 0 Å². The Balaban J connectivity index is 1.78. The summed E-state index contributed by atoms with van der Waals surface area (Å²) >= 11 is 0. The van der Waals surface area contributed by atoms with Crippen molar-refractivity contribution in [1.82, 2.24) is 9.80 Å². The highest BCUT2D eigenvalue weighted by atomic mass is 16.3. The van der Waals surface area contributed by atoms with E-state index in [1.807, 2.05) is 4.90 Å². The summed E-state index contributed by atoms with van der Waals surface area (Å²) < 4.78 is 0. The first-order valence-electron chi connectivity index (χ1n) is 7.43. The van der Waals surface area contributed by atoms with Crippen LogP contribution in [0.2, 0.25) is 0 Å². The maximum Gasteiger partial charge on any atom is 0.254 e. The van der Waals surface area contributed by atoms with Crippen LogP contribution in [0.3, 0.4) is 0 Å². The zero-order chi connectivity index (χ0) is 14.3. The van der Waals surface area contributed by atoms with Gasteiger partial charge in [0.15, 0.2) is 0 Å². The number of rotatable bonds is 2. The summed E-state index contributed by atoms with van der Waals surface area (Å²) in [6.07, 6.45) is 1.91. The molecule has 0 saturated carbocycles. The molecular formula is C16H22N2O2. The van der Waals surface area contributed by atoms with Gasteiger partial charge in [0, 0.05) is 37.3 Å². The van der Waals surface area contributed by atoms with Crippen LogP contribution in [0, 0.1) is 0 Å². The van der Waals surface area contributed by atoms with Crippen LogP contribution in [0.4, 0.5) is 0 Å². The van der Waals surface area contributed by atoms with Gasteiger partial charge in [0.1, 0.15) is 5.75 Å². The Kier molecular flexibility index (Phi) is 3.42. The fraction of sp³-hybridized carbons (Fsp3) is 0.562. The van der Waals surface area contributed by atoms with Gasteiger partial charge in [-0.2, -0.15) is 0 Å². The molecule has 1 aromatic rings. The van der Waals surface area contributed by atoms with Crippen LogP contribution in [0.5, 0.6) is 5.75 Å². The van der Waals surface area contributed by atoms with E-state index in [4.69, 9.17) is 0 Å². The zero-order valence-electron chi connectivity index (χ0n) is 12.2. The summed E-state index contributed by atoms with van der Waals surface area (Å²) in [7, 11) is 0. The van der Waals surface area contributed by atoms with E-state index < -0.39 is 0 Å². The van der Waals surface area contributed by atoms with E-state index in [0.717, 1.165) is 43.6 Å². The standard InChI is InChI=1S/C16H22N2O2/c1-11(2)17-7-6-13(10-17)18-8-5-12-9-14(19)3-4-15(12)16(18)20/h3-4,9,11,13,19H,5-8,10H2,1-2H3/t13-/m1/s1. The lowest BCUT2D eigenvalue weighted by molar-refractivity contribution is 0.0660. The predicted octanol–water partition coefficient (Wildman–Crippen LogP) is 1.87. The molecule has 4 nitrogen and oxygen atoms in total. The van der Waals surface area contributed by atoms with Gasteiger partial charge in [0.2, 0.25) is 0 Å². The van der Waals surface area contributed by atoms with Crippen molar-refractivity contribution in [3.8, 4) is 5.75 Å². The van der Waals surface area contributed by atoms with E-state index in [1.165, 1.54) is 0 Å². The summed E-state index contributed by atoms with van der Waals surface area (Å²) in [6.45, 7) is 7.24. The minimum atomic E-state index is 0.127. The summed E-state index contributed by atoms with van der Waals surface area (Å²) in [4.78, 5) is 17.1. The second-order valence-electron chi connectivity index (χ2n) is 6.12. The molecule has 1 fully saturated rings. The van der Waals surface area contributed by atoms with Gasteiger partial charge in [-0.05, 0) is 50.5 Å². The Morgan fingerprint density at radius 3 is 2.80 bits per heavy atom. The summed E-state index contributed by atoms with van der Waals surface area (Å²) in [5.41, 5.74) is 1.74. The van der Waals surface area contributed by atoms with Gasteiger partial charge in [0.25, 0.3) is 5.91 Å². The number of hydrogen-bond donors (Lipinski definition) is 1. The van der Waals surface area contributed by atoms with E-state index in [2.05, 4.69) is 18.7 Å². The number of phenolic OH excluding ortho intramolecular Hbond substituents is 1. The summed E-state index contributed by atoms with van der Waals surface area (Å²) in [6, 6.07) is 5.97. The monoisotopic (exact) mass is 274 g/mol. The van der Waals surface area contributed by atoms with Crippen molar-refractivity contribution in [1.29, 1.82) is 0 Å². The van der Waals surface area contributed by atoms with E-state index in [-0.39, 0.29) is 11.7 Å². The van der Waals surface area contributed by atoms with Crippen LogP contribution < -0.4 is 0 Å². The molecule has 4 heteroatoms. The van der Waals surface area contributed by atoms with Crippen LogP contribution in [0.1, 0.15) is 36.2 Å². The third-order valence-electron chi connectivity index (χ3n) is 4.57. The number of carbonyl (C=O) groups excluding carboxylic acids is 1. The molecule has 2 aliphatic heterocycles. The predicted molar refractivity (Wildman–Crippen MR) is 78.0 cm³/mol. The van der Waals surface area contributed by atoms with Crippen LogP contribution in [0.25, 0.3) is 0 Å². The first-order valence-corrected chi connectivity index (χ1v) is 7.43. The normalized spacial score (nSPS) is 23.4. The lowest BCUT2D eigenvalue weighted by Gasteiger charge is -2.34. The van der Waals surface area contributed by atoms with Gasteiger partial charge in [-0.15, -0.1) is 0 Å². The molecule has 108 valence electrons. The smallest absolute Gasteiger partial charge is 0.254 e. The Hall–Kier alpha value is -1.55. The van der Waals surface area contributed by atoms with Crippen molar-refractivity contribution in [2.24, 2.45) is 0 Å². The number of fused-ring (bicyclic) bond motifs is 1. The minimum Gasteiger partial charge on any atom is -0.508 e. The highest BCUT2D eigenvalue weighted by Gasteiger charge is 2.34. The van der Waals surface area contributed by atoms with Crippen LogP contribution in [-0.2, 0) is 6.42 Å². The fourth-order valence-electron chi connectivity index (χ4n) is 3.33. The first kappa shape index (κ1) is 13.4. The fourth-order valence-corrected chi connectivity index (χ4v) is 3.33. The van der Waals surface area contributed by atoms with Crippen molar-refractivity contribution in [3.05, 3.63) is 29.3 Å². The third-order valence-corrected chi connectivity index (χ3v) is 4.57. The molecule has 0 bridgehead atoms. The molecule has 0 aliphatic carbocycles. The Bertz CT molecular complexity index is 527. The number of aromatic hydroxyl groups is 1. The quantitative estimate of drug-likeness (QED) is 0.895. The van der Waals surface area contributed by atoms with Gasteiger partial charge in [0.05, 0.1) is 0 Å². The Morgan fingerprint density at radius 2 is 2.10 bits per heavy atom. The number of phenols is 1. The molecule has 0 spiro atoms. The molecular weight excluding hydrogens is 252 g/mol. The highest BCUT2D eigenvalue weighted by Crippen LogP contribution is 2.27. The highest BCUT2D eigenvalue weighted by molar-refractivity contribution is 5.97. The van der Waals surface area contributed by atoms with Crippen molar-refractivity contribution in [2.75, 3.05) is 19.6 Å². The molecule has 1 saturated heterocycles. The number of carbonyl (C=O) groups is 1. The SMILES string of the molecule is CC(C)N1CC[C@@H](N2CCc3cc(O)ccc3C2=O)C1. The molecule has 3 rings (SSSR count). The first-order chi connectivity index (χ1) is 9.56. The van der Waals surface area contributed by atoms with E-state index >= 15 is 0 Å². The molecule has 0 unspecified atom stereocenters. The van der Waals surface area contributed by atoms with Gasteiger partial charge in [-0.1, -0.05) is 0 Å². The number of hydrogen-bond acceptors (Lipinski definition) is 3. The maximum atomic E-state index is 12.6. The van der Waals surface area contributed by atoms with E-state index in [9.17, 15) is 9.90 Å². The number of benzene rings is 1. The molecule has 0 radical (unpaired) electrons. The largest absolute Gasteiger partial charge is 0.508 e. The molecule has 20 heavy (non-hydrogen) atoms. The van der Waals surface area contributed by atoms with Gasteiger partial charge < -0.3 is 10.0 Å². The van der Waals surface area contributed by atoms with Crippen molar-refractivity contribution in [3.63, 3.8) is 0 Å². The van der Waals surface area contributed by atoms with E-state index in [1.54, 1.807) is 18.2 Å². The molecule has 0 aromatic heterocycles. The van der Waals surface area contributed by atoms with Gasteiger partial charge in [-0.25, -0.2) is 0 Å². The average Bonchev–Trinajstić information content (AvgIpc) is 2.88. The second-order valence-corrected chi connectivity index (χ2v) is 6.12. The molecule has 1 atom stereocenters. The van der Waals surface area contributed by atoms with Crippen molar-refractivity contribution < 1.29 is 9.90 Å².